The molecule has 0 aliphatic carbocycles. The van der Waals surface area contributed by atoms with E-state index >= 15 is 0 Å². The summed E-state index contributed by atoms with van der Waals surface area (Å²) in [6.07, 6.45) is 2.20. The van der Waals surface area contributed by atoms with Gasteiger partial charge in [-0.1, -0.05) is 24.2 Å². The second kappa shape index (κ2) is 8.69. The van der Waals surface area contributed by atoms with Gasteiger partial charge in [-0.3, -0.25) is 10.1 Å². The van der Waals surface area contributed by atoms with Crippen molar-refractivity contribution in [1.82, 2.24) is 5.16 Å². The molecular formula is C18H29N3O6S. The van der Waals surface area contributed by atoms with E-state index in [4.69, 9.17) is 9.26 Å². The number of hydrogen-bond acceptors (Lipinski definition) is 8. The van der Waals surface area contributed by atoms with Crippen LogP contribution in [0.5, 0.6) is 0 Å². The van der Waals surface area contributed by atoms with Gasteiger partial charge < -0.3 is 9.26 Å². The van der Waals surface area contributed by atoms with Gasteiger partial charge in [0.1, 0.15) is 4.75 Å². The van der Waals surface area contributed by atoms with E-state index in [2.05, 4.69) is 15.7 Å². The van der Waals surface area contributed by atoms with Gasteiger partial charge in [-0.2, -0.15) is 4.91 Å². The molecule has 1 aromatic heterocycles. The number of rotatable bonds is 9. The van der Waals surface area contributed by atoms with Crippen molar-refractivity contribution in [2.24, 2.45) is 11.1 Å². The molecule has 9 nitrogen and oxygen atoms in total. The van der Waals surface area contributed by atoms with Crippen LogP contribution in [0.4, 0.5) is 5.88 Å². The van der Waals surface area contributed by atoms with Gasteiger partial charge >= 0.3 is 0 Å². The first-order valence-electron chi connectivity index (χ1n) is 9.37. The summed E-state index contributed by atoms with van der Waals surface area (Å²) in [5.74, 6) is -0.411. The third kappa shape index (κ3) is 5.16. The van der Waals surface area contributed by atoms with Gasteiger partial charge in [0.25, 0.3) is 0 Å². The van der Waals surface area contributed by atoms with Crippen molar-refractivity contribution < 1.29 is 22.5 Å². The highest BCUT2D eigenvalue weighted by atomic mass is 32.2. The normalized spacial score (nSPS) is 16.7. The Hall–Kier alpha value is -1.81. The van der Waals surface area contributed by atoms with Gasteiger partial charge in [0.2, 0.25) is 11.8 Å². The number of nitrogens with zero attached hydrogens (tertiary/aromatic N) is 2. The second-order valence-corrected chi connectivity index (χ2v) is 11.0. The zero-order chi connectivity index (χ0) is 21.0. The molecule has 10 heteroatoms. The number of carbonyl (C=O) groups excluding carboxylic acids is 1. The maximum Gasteiger partial charge on any atom is 0.247 e. The molecule has 1 amide bonds. The van der Waals surface area contributed by atoms with Gasteiger partial charge in [-0.05, 0) is 39.0 Å². The quantitative estimate of drug-likeness (QED) is 0.614. The molecule has 1 N–H and O–H groups in total. The number of nitrogens with one attached hydrogen (secondary N) is 1. The van der Waals surface area contributed by atoms with E-state index in [0.29, 0.717) is 31.2 Å². The number of hydrogen-bond donors (Lipinski definition) is 1. The second-order valence-electron chi connectivity index (χ2n) is 8.38. The van der Waals surface area contributed by atoms with Crippen LogP contribution in [-0.2, 0) is 24.8 Å². The Balaban J connectivity index is 2.03. The molecule has 0 saturated carbocycles. The number of nitroso groups, excluding NO2 is 1. The van der Waals surface area contributed by atoms with Crippen molar-refractivity contribution in [3.63, 3.8) is 0 Å². The molecule has 1 aliphatic rings. The van der Waals surface area contributed by atoms with Gasteiger partial charge in [0.15, 0.2) is 9.84 Å². The lowest BCUT2D eigenvalue weighted by atomic mass is 9.90. The predicted molar refractivity (Wildman–Crippen MR) is 105 cm³/mol. The van der Waals surface area contributed by atoms with Crippen LogP contribution >= 0.6 is 0 Å². The molecular weight excluding hydrogens is 386 g/mol. The summed E-state index contributed by atoms with van der Waals surface area (Å²) in [6.45, 7) is 7.61. The average Bonchev–Trinajstić information content (AvgIpc) is 3.10. The fourth-order valence-corrected chi connectivity index (χ4v) is 4.40. The lowest BCUT2D eigenvalue weighted by molar-refractivity contribution is -0.118. The minimum absolute atomic E-state index is 0.000993. The van der Waals surface area contributed by atoms with Crippen LogP contribution in [0.15, 0.2) is 15.8 Å². The summed E-state index contributed by atoms with van der Waals surface area (Å²) in [6, 6.07) is 1.48. The largest absolute Gasteiger partial charge is 0.381 e. The van der Waals surface area contributed by atoms with E-state index in [1.54, 1.807) is 13.8 Å². The third-order valence-corrected chi connectivity index (χ3v) is 7.87. The predicted octanol–water partition coefficient (Wildman–Crippen LogP) is 2.67. The van der Waals surface area contributed by atoms with E-state index < -0.39 is 25.9 Å². The van der Waals surface area contributed by atoms with E-state index in [1.807, 2.05) is 0 Å². The summed E-state index contributed by atoms with van der Waals surface area (Å²) in [4.78, 5) is 23.2. The minimum Gasteiger partial charge on any atom is -0.381 e. The molecule has 1 saturated heterocycles. The van der Waals surface area contributed by atoms with Crippen LogP contribution in [0.1, 0.15) is 52.7 Å². The standard InChI is InChI=1S/C18H29N3O6S/c1-17(2,12-19-23)14-11-15(27-21-14)20-16(22)18(3,4)28(24,25)10-7-13-5-8-26-9-6-13/h11,13H,5-10,12H2,1-4H3,(H,20,22). The molecule has 0 spiro atoms. The van der Waals surface area contributed by atoms with Crippen LogP contribution in [0.25, 0.3) is 0 Å². The highest BCUT2D eigenvalue weighted by Gasteiger charge is 2.42. The van der Waals surface area contributed by atoms with Crippen molar-refractivity contribution in [1.29, 1.82) is 0 Å². The molecule has 158 valence electrons. The maximum absolute atomic E-state index is 12.8. The van der Waals surface area contributed by atoms with Gasteiger partial charge in [-0.15, -0.1) is 0 Å². The summed E-state index contributed by atoms with van der Waals surface area (Å²) >= 11 is 0. The van der Waals surface area contributed by atoms with Crippen LogP contribution < -0.4 is 5.32 Å². The van der Waals surface area contributed by atoms with Crippen molar-refractivity contribution in [2.75, 3.05) is 30.8 Å². The van der Waals surface area contributed by atoms with E-state index in [1.165, 1.54) is 19.9 Å². The summed E-state index contributed by atoms with van der Waals surface area (Å²) in [7, 11) is -3.68. The van der Waals surface area contributed by atoms with Crippen LogP contribution in [0.3, 0.4) is 0 Å². The highest BCUT2D eigenvalue weighted by Crippen LogP contribution is 2.28. The molecule has 2 rings (SSSR count). The molecule has 1 aliphatic heterocycles. The van der Waals surface area contributed by atoms with E-state index in [9.17, 15) is 18.1 Å². The van der Waals surface area contributed by atoms with Crippen molar-refractivity contribution in [3.05, 3.63) is 16.7 Å². The van der Waals surface area contributed by atoms with Gasteiger partial charge in [-0.25, -0.2) is 8.42 Å². The van der Waals surface area contributed by atoms with Gasteiger partial charge in [0, 0.05) is 24.7 Å². The molecule has 0 radical (unpaired) electrons. The van der Waals surface area contributed by atoms with E-state index in [-0.39, 0.29) is 18.2 Å². The van der Waals surface area contributed by atoms with Crippen molar-refractivity contribution >= 4 is 21.6 Å². The molecule has 0 unspecified atom stereocenters. The molecule has 1 fully saturated rings. The first kappa shape index (κ1) is 22.5. The molecule has 0 aromatic carbocycles. The first-order valence-corrected chi connectivity index (χ1v) is 11.0. The molecule has 1 aromatic rings. The summed E-state index contributed by atoms with van der Waals surface area (Å²) in [5.41, 5.74) is -0.206. The SMILES string of the molecule is CC(C)(CN=O)c1cc(NC(=O)C(C)(C)S(=O)(=O)CCC2CCOCC2)on1. The highest BCUT2D eigenvalue weighted by molar-refractivity contribution is 7.93. The lowest BCUT2D eigenvalue weighted by Gasteiger charge is -2.26. The Labute approximate surface area is 165 Å². The Morgan fingerprint density at radius 1 is 1.29 bits per heavy atom. The molecule has 0 bridgehead atoms. The lowest BCUT2D eigenvalue weighted by Crippen LogP contribution is -2.46. The number of aromatic nitrogens is 1. The number of carbonyl (C=O) groups is 1. The van der Waals surface area contributed by atoms with Crippen molar-refractivity contribution in [2.45, 2.75) is 57.1 Å². The smallest absolute Gasteiger partial charge is 0.247 e. The van der Waals surface area contributed by atoms with Crippen LogP contribution in [-0.4, -0.2) is 49.7 Å². The third-order valence-electron chi connectivity index (χ3n) is 5.36. The van der Waals surface area contributed by atoms with Crippen LogP contribution in [0, 0.1) is 10.8 Å². The Morgan fingerprint density at radius 2 is 1.93 bits per heavy atom. The zero-order valence-electron chi connectivity index (χ0n) is 16.9. The fraction of sp³-hybridized carbons (Fsp3) is 0.778. The molecule has 28 heavy (non-hydrogen) atoms. The van der Waals surface area contributed by atoms with Crippen LogP contribution in [0.2, 0.25) is 0 Å². The van der Waals surface area contributed by atoms with Crippen molar-refractivity contribution in [3.8, 4) is 0 Å². The number of anilines is 1. The average molecular weight is 416 g/mol. The number of amides is 1. The zero-order valence-corrected chi connectivity index (χ0v) is 17.7. The van der Waals surface area contributed by atoms with Gasteiger partial charge in [0.05, 0.1) is 18.0 Å². The first-order chi connectivity index (χ1) is 13.0. The topological polar surface area (TPSA) is 128 Å². The van der Waals surface area contributed by atoms with E-state index in [0.717, 1.165) is 12.8 Å². The Morgan fingerprint density at radius 3 is 2.54 bits per heavy atom. The maximum atomic E-state index is 12.8. The molecule has 0 atom stereocenters. The summed E-state index contributed by atoms with van der Waals surface area (Å²) in [5, 5.41) is 9.21. The fourth-order valence-electron chi connectivity index (χ4n) is 2.91. The monoisotopic (exact) mass is 415 g/mol. The summed E-state index contributed by atoms with van der Waals surface area (Å²) < 4.78 is 34.3. The minimum atomic E-state index is -3.68. The molecule has 2 heterocycles. The number of sulfone groups is 1. The Bertz CT molecular complexity index is 794. The Kier molecular flexibility index (Phi) is 6.97. The number of ether oxygens (including phenoxy) is 1.